The van der Waals surface area contributed by atoms with Crippen molar-refractivity contribution < 1.29 is 4.79 Å². The number of amides is 1. The molecule has 1 amide bonds. The minimum absolute atomic E-state index is 0.00216. The lowest BCUT2D eigenvalue weighted by Gasteiger charge is -2.35. The van der Waals surface area contributed by atoms with Crippen LogP contribution in [0.1, 0.15) is 15.9 Å². The monoisotopic (exact) mass is 372 g/mol. The van der Waals surface area contributed by atoms with Crippen LogP contribution in [0.2, 0.25) is 0 Å². The van der Waals surface area contributed by atoms with Gasteiger partial charge in [-0.1, -0.05) is 12.1 Å². The van der Waals surface area contributed by atoms with E-state index in [-0.39, 0.29) is 5.91 Å². The molecule has 1 aliphatic rings. The van der Waals surface area contributed by atoms with E-state index in [4.69, 9.17) is 5.73 Å². The number of nitrogens with two attached hydrogens (primary N) is 1. The first-order valence-electron chi connectivity index (χ1n) is 8.54. The third-order valence-electron chi connectivity index (χ3n) is 4.32. The minimum Gasteiger partial charge on any atom is -0.370 e. The van der Waals surface area contributed by atoms with Crippen LogP contribution in [0.5, 0.6) is 0 Å². The Morgan fingerprint density at radius 3 is 2.50 bits per heavy atom. The molecule has 138 valence electrons. The molecule has 8 heteroatoms. The second kappa shape index (κ2) is 8.18. The van der Waals surface area contributed by atoms with Gasteiger partial charge in [-0.25, -0.2) is 9.98 Å². The Morgan fingerprint density at radius 2 is 1.92 bits per heavy atom. The van der Waals surface area contributed by atoms with Crippen LogP contribution in [-0.2, 0) is 6.54 Å². The van der Waals surface area contributed by atoms with E-state index >= 15 is 0 Å². The fourth-order valence-corrected chi connectivity index (χ4v) is 3.48. The van der Waals surface area contributed by atoms with Gasteiger partial charge in [-0.05, 0) is 17.7 Å². The van der Waals surface area contributed by atoms with Gasteiger partial charge in [0.15, 0.2) is 11.1 Å². The van der Waals surface area contributed by atoms with Crippen LogP contribution < -0.4 is 10.6 Å². The summed E-state index contributed by atoms with van der Waals surface area (Å²) in [6.45, 7) is 3.97. The van der Waals surface area contributed by atoms with E-state index in [1.165, 1.54) is 0 Å². The molecule has 7 nitrogen and oxygen atoms in total. The molecule has 1 aliphatic heterocycles. The molecule has 0 aliphatic carbocycles. The fraction of sp³-hybridized carbons (Fsp3) is 0.389. The number of piperazine rings is 1. The summed E-state index contributed by atoms with van der Waals surface area (Å²) in [5, 5.41) is 3.06. The van der Waals surface area contributed by atoms with Crippen molar-refractivity contribution in [3.05, 3.63) is 47.0 Å². The maximum absolute atomic E-state index is 11.9. The Kier molecular flexibility index (Phi) is 5.72. The van der Waals surface area contributed by atoms with Gasteiger partial charge in [-0.15, -0.1) is 11.3 Å². The average Bonchev–Trinajstić information content (AvgIpc) is 3.21. The van der Waals surface area contributed by atoms with Crippen molar-refractivity contribution in [2.24, 2.45) is 10.7 Å². The van der Waals surface area contributed by atoms with Gasteiger partial charge in [-0.2, -0.15) is 0 Å². The van der Waals surface area contributed by atoms with Crippen LogP contribution in [0.4, 0.5) is 5.13 Å². The van der Waals surface area contributed by atoms with Crippen LogP contribution in [-0.4, -0.2) is 66.9 Å². The number of anilines is 1. The number of hydrogen-bond donors (Lipinski definition) is 1. The Bertz CT molecular complexity index is 748. The first-order valence-corrected chi connectivity index (χ1v) is 9.42. The highest BCUT2D eigenvalue weighted by Gasteiger charge is 2.19. The van der Waals surface area contributed by atoms with Crippen LogP contribution in [0.3, 0.4) is 0 Å². The molecule has 3 rings (SSSR count). The maximum Gasteiger partial charge on any atom is 0.253 e. The van der Waals surface area contributed by atoms with E-state index < -0.39 is 0 Å². The second-order valence-corrected chi connectivity index (χ2v) is 7.23. The minimum atomic E-state index is -0.00216. The summed E-state index contributed by atoms with van der Waals surface area (Å²) in [6, 6.07) is 7.51. The highest BCUT2D eigenvalue weighted by atomic mass is 32.1. The maximum atomic E-state index is 11.9. The predicted molar refractivity (Wildman–Crippen MR) is 106 cm³/mol. The molecule has 2 heterocycles. The van der Waals surface area contributed by atoms with E-state index in [1.807, 2.05) is 35.8 Å². The number of guanidine groups is 1. The largest absolute Gasteiger partial charge is 0.370 e. The molecule has 2 aromatic rings. The molecule has 0 radical (unpaired) electrons. The van der Waals surface area contributed by atoms with E-state index in [9.17, 15) is 4.79 Å². The smallest absolute Gasteiger partial charge is 0.253 e. The molecule has 0 saturated carbocycles. The Balaban J connectivity index is 1.53. The Hall–Kier alpha value is -2.61. The van der Waals surface area contributed by atoms with Gasteiger partial charge in [0, 0.05) is 57.4 Å². The normalized spacial score (nSPS) is 15.2. The van der Waals surface area contributed by atoms with Gasteiger partial charge in [0.05, 0.1) is 6.54 Å². The topological polar surface area (TPSA) is 78.1 Å². The van der Waals surface area contributed by atoms with Gasteiger partial charge >= 0.3 is 0 Å². The molecular weight excluding hydrogens is 348 g/mol. The van der Waals surface area contributed by atoms with Crippen molar-refractivity contribution in [2.45, 2.75) is 6.54 Å². The van der Waals surface area contributed by atoms with Crippen molar-refractivity contribution in [1.29, 1.82) is 0 Å². The molecule has 0 unspecified atom stereocenters. The van der Waals surface area contributed by atoms with Crippen LogP contribution >= 0.6 is 11.3 Å². The molecule has 26 heavy (non-hydrogen) atoms. The summed E-state index contributed by atoms with van der Waals surface area (Å²) >= 11 is 1.66. The summed E-state index contributed by atoms with van der Waals surface area (Å²) in [5.74, 6) is 0.565. The fourth-order valence-electron chi connectivity index (χ4n) is 2.78. The van der Waals surface area contributed by atoms with Crippen molar-refractivity contribution in [2.75, 3.05) is 45.2 Å². The summed E-state index contributed by atoms with van der Waals surface area (Å²) in [4.78, 5) is 26.7. The zero-order chi connectivity index (χ0) is 18.5. The van der Waals surface area contributed by atoms with Crippen molar-refractivity contribution in [3.8, 4) is 0 Å². The average molecular weight is 372 g/mol. The number of aromatic nitrogens is 1. The van der Waals surface area contributed by atoms with Crippen LogP contribution in [0, 0.1) is 0 Å². The van der Waals surface area contributed by atoms with E-state index in [0.29, 0.717) is 18.1 Å². The van der Waals surface area contributed by atoms with Gasteiger partial charge in [0.25, 0.3) is 5.91 Å². The van der Waals surface area contributed by atoms with Crippen molar-refractivity contribution >= 4 is 28.3 Å². The van der Waals surface area contributed by atoms with E-state index in [2.05, 4.69) is 19.8 Å². The highest BCUT2D eigenvalue weighted by molar-refractivity contribution is 7.13. The lowest BCUT2D eigenvalue weighted by Crippen LogP contribution is -2.51. The molecule has 1 saturated heterocycles. The first kappa shape index (κ1) is 18.2. The zero-order valence-corrected chi connectivity index (χ0v) is 15.9. The molecule has 1 aromatic carbocycles. The summed E-state index contributed by atoms with van der Waals surface area (Å²) in [5.41, 5.74) is 7.87. The van der Waals surface area contributed by atoms with Gasteiger partial charge < -0.3 is 20.4 Å². The number of carbonyl (C=O) groups excluding carboxylic acids is 1. The summed E-state index contributed by atoms with van der Waals surface area (Å²) < 4.78 is 0. The van der Waals surface area contributed by atoms with Gasteiger partial charge in [0.1, 0.15) is 0 Å². The predicted octanol–water partition coefficient (Wildman–Crippen LogP) is 1.48. The Labute approximate surface area is 157 Å². The van der Waals surface area contributed by atoms with Crippen LogP contribution in [0.25, 0.3) is 0 Å². The number of benzene rings is 1. The molecule has 0 atom stereocenters. The lowest BCUT2D eigenvalue weighted by atomic mass is 10.1. The Morgan fingerprint density at radius 1 is 1.23 bits per heavy atom. The molecule has 0 bridgehead atoms. The quantitative estimate of drug-likeness (QED) is 0.650. The number of carbonyl (C=O) groups is 1. The van der Waals surface area contributed by atoms with Gasteiger partial charge in [0.2, 0.25) is 0 Å². The molecule has 1 aromatic heterocycles. The number of nitrogens with zero attached hydrogens (tertiary/aromatic N) is 5. The van der Waals surface area contributed by atoms with Gasteiger partial charge in [-0.3, -0.25) is 4.79 Å². The number of hydrogen-bond acceptors (Lipinski definition) is 5. The standard InChI is InChI=1S/C18H24N6OS/c1-22(2)16(25)15-5-3-14(4-6-15)13-21-17(19)23-8-10-24(11-9-23)18-20-7-12-26-18/h3-7,12H,8-11,13H2,1-2H3,(H2,19,21). The number of aliphatic imine (C=N–C) groups is 1. The molecule has 1 fully saturated rings. The van der Waals surface area contributed by atoms with E-state index in [0.717, 1.165) is 36.9 Å². The third kappa shape index (κ3) is 4.32. The van der Waals surface area contributed by atoms with Crippen molar-refractivity contribution in [3.63, 3.8) is 0 Å². The number of thiazole rings is 1. The molecule has 0 spiro atoms. The lowest BCUT2D eigenvalue weighted by molar-refractivity contribution is 0.0827. The first-order chi connectivity index (χ1) is 12.5. The molecular formula is C18H24N6OS. The molecule has 2 N–H and O–H groups in total. The summed E-state index contributed by atoms with van der Waals surface area (Å²) in [7, 11) is 3.49. The zero-order valence-electron chi connectivity index (χ0n) is 15.1. The SMILES string of the molecule is CN(C)C(=O)c1ccc(CN=C(N)N2CCN(c3nccs3)CC2)cc1. The van der Waals surface area contributed by atoms with E-state index in [1.54, 1.807) is 30.3 Å². The van der Waals surface area contributed by atoms with Crippen molar-refractivity contribution in [1.82, 2.24) is 14.8 Å². The van der Waals surface area contributed by atoms with Crippen LogP contribution in [0.15, 0.2) is 40.8 Å². The second-order valence-electron chi connectivity index (χ2n) is 6.36. The highest BCUT2D eigenvalue weighted by Crippen LogP contribution is 2.18. The number of rotatable bonds is 4. The third-order valence-corrected chi connectivity index (χ3v) is 5.16. The summed E-state index contributed by atoms with van der Waals surface area (Å²) in [6.07, 6.45) is 1.83.